The third-order valence-corrected chi connectivity index (χ3v) is 2.42. The molecular formula is C12H9N3O4. The molecular weight excluding hydrogens is 250 g/mol. The number of nitrogens with zero attached hydrogens (tertiary/aromatic N) is 1. The van der Waals surface area contributed by atoms with Gasteiger partial charge in [-0.3, -0.25) is 19.7 Å². The van der Waals surface area contributed by atoms with E-state index in [9.17, 15) is 19.7 Å². The van der Waals surface area contributed by atoms with Crippen LogP contribution in [0.2, 0.25) is 0 Å². The minimum absolute atomic E-state index is 0.0545. The maximum Gasteiger partial charge on any atom is 0.272 e. The number of nitro groups is 1. The highest BCUT2D eigenvalue weighted by Gasteiger charge is 2.10. The number of nitro benzene ring substituents is 1. The summed E-state index contributed by atoms with van der Waals surface area (Å²) in [6.07, 6.45) is 2.04. The molecule has 0 atom stereocenters. The van der Waals surface area contributed by atoms with Gasteiger partial charge in [-0.05, 0) is 18.2 Å². The van der Waals surface area contributed by atoms with Crippen molar-refractivity contribution in [3.8, 4) is 0 Å². The van der Waals surface area contributed by atoms with Crippen LogP contribution >= 0.6 is 0 Å². The Labute approximate surface area is 107 Å². The number of rotatable bonds is 4. The Morgan fingerprint density at radius 2 is 2.00 bits per heavy atom. The largest absolute Gasteiger partial charge is 0.356 e. The Hall–Kier alpha value is -2.96. The second-order valence-corrected chi connectivity index (χ2v) is 3.72. The number of hydrogen-bond donors (Lipinski definition) is 2. The minimum atomic E-state index is -0.521. The summed E-state index contributed by atoms with van der Waals surface area (Å²) in [5, 5.41) is 13.0. The molecule has 1 heterocycles. The van der Waals surface area contributed by atoms with Crippen LogP contribution in [0.15, 0.2) is 36.5 Å². The van der Waals surface area contributed by atoms with Crippen LogP contribution in [-0.2, 0) is 0 Å². The molecule has 0 aliphatic carbocycles. The molecule has 0 fully saturated rings. The van der Waals surface area contributed by atoms with Crippen molar-refractivity contribution in [2.45, 2.75) is 0 Å². The third kappa shape index (κ3) is 2.83. The van der Waals surface area contributed by atoms with Gasteiger partial charge in [0.05, 0.1) is 4.92 Å². The van der Waals surface area contributed by atoms with E-state index in [-0.39, 0.29) is 11.4 Å². The molecule has 0 saturated heterocycles. The fourth-order valence-corrected chi connectivity index (χ4v) is 1.48. The van der Waals surface area contributed by atoms with Crippen LogP contribution < -0.4 is 5.32 Å². The summed E-state index contributed by atoms with van der Waals surface area (Å²) in [7, 11) is 0. The van der Waals surface area contributed by atoms with Crippen molar-refractivity contribution in [1.29, 1.82) is 0 Å². The molecule has 0 unspecified atom stereocenters. The number of aldehydes is 1. The van der Waals surface area contributed by atoms with E-state index in [2.05, 4.69) is 10.3 Å². The molecule has 1 aromatic heterocycles. The normalized spacial score (nSPS) is 9.89. The number of anilines is 1. The SMILES string of the molecule is O=Cc1c[nH]c(C(=O)Nc2ccc([N+](=O)[O-])cc2)c1. The van der Waals surface area contributed by atoms with Crippen LogP contribution in [-0.4, -0.2) is 22.1 Å². The van der Waals surface area contributed by atoms with Gasteiger partial charge in [0.1, 0.15) is 5.69 Å². The fourth-order valence-electron chi connectivity index (χ4n) is 1.48. The zero-order chi connectivity index (χ0) is 13.8. The van der Waals surface area contributed by atoms with E-state index in [4.69, 9.17) is 0 Å². The van der Waals surface area contributed by atoms with Gasteiger partial charge in [0.2, 0.25) is 0 Å². The Morgan fingerprint density at radius 1 is 1.32 bits per heavy atom. The van der Waals surface area contributed by atoms with Gasteiger partial charge in [0.15, 0.2) is 6.29 Å². The molecule has 7 heteroatoms. The lowest BCUT2D eigenvalue weighted by atomic mass is 10.2. The number of carbonyl (C=O) groups excluding carboxylic acids is 2. The first-order valence-corrected chi connectivity index (χ1v) is 5.29. The Morgan fingerprint density at radius 3 is 2.53 bits per heavy atom. The zero-order valence-electron chi connectivity index (χ0n) is 9.62. The van der Waals surface area contributed by atoms with Gasteiger partial charge in [0.25, 0.3) is 11.6 Å². The topological polar surface area (TPSA) is 105 Å². The van der Waals surface area contributed by atoms with E-state index in [1.54, 1.807) is 0 Å². The van der Waals surface area contributed by atoms with Crippen molar-refractivity contribution in [3.63, 3.8) is 0 Å². The maximum absolute atomic E-state index is 11.8. The summed E-state index contributed by atoms with van der Waals surface area (Å²) in [5.74, 6) is -0.429. The van der Waals surface area contributed by atoms with E-state index in [1.807, 2.05) is 0 Å². The highest BCUT2D eigenvalue weighted by Crippen LogP contribution is 2.16. The molecule has 19 heavy (non-hydrogen) atoms. The van der Waals surface area contributed by atoms with Crippen molar-refractivity contribution in [2.24, 2.45) is 0 Å². The molecule has 0 bridgehead atoms. The highest BCUT2D eigenvalue weighted by molar-refractivity contribution is 6.03. The first-order valence-electron chi connectivity index (χ1n) is 5.29. The lowest BCUT2D eigenvalue weighted by Crippen LogP contribution is -2.12. The molecule has 96 valence electrons. The lowest BCUT2D eigenvalue weighted by molar-refractivity contribution is -0.384. The summed E-state index contributed by atoms with van der Waals surface area (Å²) in [6.45, 7) is 0. The number of aromatic amines is 1. The summed E-state index contributed by atoms with van der Waals surface area (Å²) < 4.78 is 0. The predicted octanol–water partition coefficient (Wildman–Crippen LogP) is 1.99. The number of aromatic nitrogens is 1. The van der Waals surface area contributed by atoms with Crippen molar-refractivity contribution in [2.75, 3.05) is 5.32 Å². The zero-order valence-corrected chi connectivity index (χ0v) is 9.62. The molecule has 0 spiro atoms. The van der Waals surface area contributed by atoms with Gasteiger partial charge in [0, 0.05) is 29.6 Å². The number of carbonyl (C=O) groups is 2. The van der Waals surface area contributed by atoms with E-state index < -0.39 is 10.8 Å². The van der Waals surface area contributed by atoms with Crippen LogP contribution in [0, 0.1) is 10.1 Å². The third-order valence-electron chi connectivity index (χ3n) is 2.42. The Balaban J connectivity index is 2.10. The summed E-state index contributed by atoms with van der Waals surface area (Å²) in [6, 6.07) is 6.86. The summed E-state index contributed by atoms with van der Waals surface area (Å²) in [4.78, 5) is 34.9. The van der Waals surface area contributed by atoms with Gasteiger partial charge < -0.3 is 10.3 Å². The maximum atomic E-state index is 11.8. The summed E-state index contributed by atoms with van der Waals surface area (Å²) >= 11 is 0. The second kappa shape index (κ2) is 5.13. The molecule has 0 saturated carbocycles. The van der Waals surface area contributed by atoms with Crippen LogP contribution in [0.4, 0.5) is 11.4 Å². The van der Waals surface area contributed by atoms with Crippen LogP contribution in [0.25, 0.3) is 0 Å². The number of amides is 1. The van der Waals surface area contributed by atoms with Crippen molar-refractivity contribution >= 4 is 23.6 Å². The molecule has 1 amide bonds. The van der Waals surface area contributed by atoms with E-state index in [0.29, 0.717) is 17.5 Å². The number of benzene rings is 1. The monoisotopic (exact) mass is 259 g/mol. The first kappa shape index (κ1) is 12.5. The minimum Gasteiger partial charge on any atom is -0.356 e. The van der Waals surface area contributed by atoms with E-state index in [1.165, 1.54) is 36.5 Å². The molecule has 0 aliphatic heterocycles. The van der Waals surface area contributed by atoms with Gasteiger partial charge in [-0.15, -0.1) is 0 Å². The summed E-state index contributed by atoms with van der Waals surface area (Å²) in [5.41, 5.74) is 0.980. The van der Waals surface area contributed by atoms with Gasteiger partial charge in [-0.25, -0.2) is 0 Å². The van der Waals surface area contributed by atoms with E-state index >= 15 is 0 Å². The van der Waals surface area contributed by atoms with E-state index in [0.717, 1.165) is 0 Å². The lowest BCUT2D eigenvalue weighted by Gasteiger charge is -2.02. The number of nitrogens with one attached hydrogen (secondary N) is 2. The van der Waals surface area contributed by atoms with Gasteiger partial charge >= 0.3 is 0 Å². The molecule has 1 aromatic carbocycles. The second-order valence-electron chi connectivity index (χ2n) is 3.72. The number of hydrogen-bond acceptors (Lipinski definition) is 4. The van der Waals surface area contributed by atoms with Crippen LogP contribution in [0.5, 0.6) is 0 Å². The standard InChI is InChI=1S/C12H9N3O4/c16-7-8-5-11(13-6-8)12(17)14-9-1-3-10(4-2-9)15(18)19/h1-7,13H,(H,14,17). The fraction of sp³-hybridized carbons (Fsp3) is 0. The van der Waals surface area contributed by atoms with Crippen LogP contribution in [0.1, 0.15) is 20.8 Å². The molecule has 2 aromatic rings. The highest BCUT2D eigenvalue weighted by atomic mass is 16.6. The number of non-ortho nitro benzene ring substituents is 1. The predicted molar refractivity (Wildman–Crippen MR) is 67.2 cm³/mol. The Bertz CT molecular complexity index is 631. The van der Waals surface area contributed by atoms with Gasteiger partial charge in [-0.2, -0.15) is 0 Å². The van der Waals surface area contributed by atoms with Crippen molar-refractivity contribution in [3.05, 3.63) is 57.9 Å². The molecule has 0 aliphatic rings. The van der Waals surface area contributed by atoms with Gasteiger partial charge in [-0.1, -0.05) is 0 Å². The molecule has 7 nitrogen and oxygen atoms in total. The average Bonchev–Trinajstić information content (AvgIpc) is 2.88. The number of H-pyrrole nitrogens is 1. The average molecular weight is 259 g/mol. The van der Waals surface area contributed by atoms with Crippen LogP contribution in [0.3, 0.4) is 0 Å². The molecule has 2 rings (SSSR count). The smallest absolute Gasteiger partial charge is 0.272 e. The van der Waals surface area contributed by atoms with Crippen molar-refractivity contribution in [1.82, 2.24) is 4.98 Å². The van der Waals surface area contributed by atoms with Crippen molar-refractivity contribution < 1.29 is 14.5 Å². The molecule has 0 radical (unpaired) electrons. The first-order chi connectivity index (χ1) is 9.10. The molecule has 2 N–H and O–H groups in total. The Kier molecular flexibility index (Phi) is 3.37. The quantitative estimate of drug-likeness (QED) is 0.497.